The first-order chi connectivity index (χ1) is 14.8. The Morgan fingerprint density at radius 1 is 1.10 bits per heavy atom. The van der Waals surface area contributed by atoms with E-state index in [0.717, 1.165) is 11.6 Å². The molecular formula is C22H19F4N3O2. The number of aromatic nitrogens is 2. The van der Waals surface area contributed by atoms with Crippen molar-refractivity contribution in [1.82, 2.24) is 15.1 Å². The number of benzene rings is 2. The quantitative estimate of drug-likeness (QED) is 0.553. The fraction of sp³-hybridized carbons (Fsp3) is 0.318. The van der Waals surface area contributed by atoms with Gasteiger partial charge in [0.25, 0.3) is 5.91 Å². The van der Waals surface area contributed by atoms with Crippen molar-refractivity contribution in [3.8, 4) is 0 Å². The first-order valence-corrected chi connectivity index (χ1v) is 9.83. The number of carbonyl (C=O) groups is 1. The van der Waals surface area contributed by atoms with E-state index in [0.29, 0.717) is 37.6 Å². The third kappa shape index (κ3) is 4.76. The van der Waals surface area contributed by atoms with Crippen molar-refractivity contribution >= 4 is 5.91 Å². The van der Waals surface area contributed by atoms with Crippen LogP contribution in [0.2, 0.25) is 0 Å². The van der Waals surface area contributed by atoms with Crippen LogP contribution in [0.5, 0.6) is 0 Å². The topological polar surface area (TPSA) is 59.2 Å². The molecule has 1 aromatic heterocycles. The molecule has 2 heterocycles. The van der Waals surface area contributed by atoms with Gasteiger partial charge in [-0.1, -0.05) is 24.3 Å². The van der Waals surface area contributed by atoms with Gasteiger partial charge in [0.15, 0.2) is 0 Å². The van der Waals surface area contributed by atoms with E-state index in [4.69, 9.17) is 4.42 Å². The van der Waals surface area contributed by atoms with Gasteiger partial charge >= 0.3 is 6.18 Å². The molecule has 0 N–H and O–H groups in total. The second kappa shape index (κ2) is 8.49. The van der Waals surface area contributed by atoms with Gasteiger partial charge in [0, 0.05) is 13.1 Å². The highest BCUT2D eigenvalue weighted by Gasteiger charge is 2.37. The summed E-state index contributed by atoms with van der Waals surface area (Å²) in [6.07, 6.45) is -2.98. The molecule has 4 rings (SSSR count). The van der Waals surface area contributed by atoms with Crippen molar-refractivity contribution in [3.05, 3.63) is 82.8 Å². The van der Waals surface area contributed by atoms with Gasteiger partial charge in [-0.3, -0.25) is 4.79 Å². The van der Waals surface area contributed by atoms with E-state index in [1.54, 1.807) is 12.1 Å². The minimum Gasteiger partial charge on any atom is -0.425 e. The first kappa shape index (κ1) is 21.0. The predicted molar refractivity (Wildman–Crippen MR) is 103 cm³/mol. The summed E-state index contributed by atoms with van der Waals surface area (Å²) in [5.41, 5.74) is -0.500. The van der Waals surface area contributed by atoms with Gasteiger partial charge in [-0.25, -0.2) is 4.39 Å². The Bertz CT molecular complexity index is 1060. The number of carbonyl (C=O) groups excluding carboxylic acids is 1. The maximum absolute atomic E-state index is 13.3. The molecule has 1 unspecified atom stereocenters. The minimum absolute atomic E-state index is 0.198. The summed E-state index contributed by atoms with van der Waals surface area (Å²) in [5, 5.41) is 8.09. The zero-order valence-corrected chi connectivity index (χ0v) is 16.4. The summed E-state index contributed by atoms with van der Waals surface area (Å²) in [6, 6.07) is 10.7. The highest BCUT2D eigenvalue weighted by molar-refractivity contribution is 5.96. The molecule has 0 bridgehead atoms. The maximum Gasteiger partial charge on any atom is 0.417 e. The number of hydrogen-bond acceptors (Lipinski definition) is 4. The van der Waals surface area contributed by atoms with Crippen LogP contribution in [0.25, 0.3) is 0 Å². The van der Waals surface area contributed by atoms with Crippen LogP contribution < -0.4 is 0 Å². The summed E-state index contributed by atoms with van der Waals surface area (Å²) >= 11 is 0. The molecule has 1 aliphatic heterocycles. The molecule has 3 aromatic rings. The lowest BCUT2D eigenvalue weighted by Crippen LogP contribution is -2.40. The predicted octanol–water partition coefficient (Wildman–Crippen LogP) is 4.84. The molecule has 31 heavy (non-hydrogen) atoms. The van der Waals surface area contributed by atoms with Crippen molar-refractivity contribution in [2.45, 2.75) is 31.4 Å². The standard InChI is InChI=1S/C22H19F4N3O2/c23-16-9-7-14(8-10-16)12-19-27-28-20(31-19)15-4-3-11-29(13-15)21(30)17-5-1-2-6-18(17)22(24,25)26/h1-2,5-10,15H,3-4,11-13H2. The minimum atomic E-state index is -4.61. The number of rotatable bonds is 4. The molecule has 0 saturated carbocycles. The Hall–Kier alpha value is -3.23. The molecule has 1 fully saturated rings. The first-order valence-electron chi connectivity index (χ1n) is 9.83. The van der Waals surface area contributed by atoms with Crippen LogP contribution in [0, 0.1) is 5.82 Å². The molecule has 1 atom stereocenters. The van der Waals surface area contributed by atoms with E-state index in [2.05, 4.69) is 10.2 Å². The van der Waals surface area contributed by atoms with Crippen molar-refractivity contribution in [3.63, 3.8) is 0 Å². The molecule has 1 saturated heterocycles. The van der Waals surface area contributed by atoms with E-state index < -0.39 is 17.6 Å². The van der Waals surface area contributed by atoms with Crippen LogP contribution in [-0.2, 0) is 12.6 Å². The van der Waals surface area contributed by atoms with E-state index in [1.807, 2.05) is 0 Å². The Balaban J connectivity index is 1.48. The molecule has 2 aromatic carbocycles. The van der Waals surface area contributed by atoms with Crippen LogP contribution in [0.3, 0.4) is 0 Å². The van der Waals surface area contributed by atoms with E-state index >= 15 is 0 Å². The largest absolute Gasteiger partial charge is 0.425 e. The van der Waals surface area contributed by atoms with E-state index in [1.165, 1.54) is 35.2 Å². The van der Waals surface area contributed by atoms with Crippen molar-refractivity contribution in [2.24, 2.45) is 0 Å². The van der Waals surface area contributed by atoms with E-state index in [-0.39, 0.29) is 23.8 Å². The average molecular weight is 433 g/mol. The van der Waals surface area contributed by atoms with Crippen LogP contribution in [0.1, 0.15) is 52.0 Å². The second-order valence-corrected chi connectivity index (χ2v) is 7.47. The molecule has 0 radical (unpaired) electrons. The SMILES string of the molecule is O=C(c1ccccc1C(F)(F)F)N1CCCC(c2nnc(Cc3ccc(F)cc3)o2)C1. The number of amides is 1. The lowest BCUT2D eigenvalue weighted by Gasteiger charge is -2.31. The van der Waals surface area contributed by atoms with Crippen LogP contribution in [0.4, 0.5) is 17.6 Å². The molecule has 0 spiro atoms. The van der Waals surface area contributed by atoms with Crippen LogP contribution in [0.15, 0.2) is 52.9 Å². The molecule has 1 amide bonds. The van der Waals surface area contributed by atoms with Gasteiger partial charge in [-0.2, -0.15) is 13.2 Å². The summed E-state index contributed by atoms with van der Waals surface area (Å²) in [6.45, 7) is 0.557. The average Bonchev–Trinajstić information content (AvgIpc) is 3.23. The number of alkyl halides is 3. The van der Waals surface area contributed by atoms with Crippen molar-refractivity contribution < 1.29 is 26.8 Å². The highest BCUT2D eigenvalue weighted by Crippen LogP contribution is 2.34. The number of piperidine rings is 1. The highest BCUT2D eigenvalue weighted by atomic mass is 19.4. The van der Waals surface area contributed by atoms with Gasteiger partial charge in [0.05, 0.1) is 23.5 Å². The van der Waals surface area contributed by atoms with Crippen LogP contribution >= 0.6 is 0 Å². The van der Waals surface area contributed by atoms with Gasteiger partial charge in [-0.15, -0.1) is 10.2 Å². The smallest absolute Gasteiger partial charge is 0.417 e. The lowest BCUT2D eigenvalue weighted by molar-refractivity contribution is -0.138. The molecule has 0 aliphatic carbocycles. The zero-order chi connectivity index (χ0) is 22.0. The van der Waals surface area contributed by atoms with Crippen molar-refractivity contribution in [1.29, 1.82) is 0 Å². The summed E-state index contributed by atoms with van der Waals surface area (Å²) < 4.78 is 58.7. The fourth-order valence-corrected chi connectivity index (χ4v) is 3.73. The zero-order valence-electron chi connectivity index (χ0n) is 16.4. The van der Waals surface area contributed by atoms with Crippen molar-refractivity contribution in [2.75, 3.05) is 13.1 Å². The summed E-state index contributed by atoms with van der Waals surface area (Å²) in [7, 11) is 0. The molecule has 9 heteroatoms. The summed E-state index contributed by atoms with van der Waals surface area (Å²) in [4.78, 5) is 14.3. The third-order valence-electron chi connectivity index (χ3n) is 5.27. The monoisotopic (exact) mass is 433 g/mol. The summed E-state index contributed by atoms with van der Waals surface area (Å²) in [5.74, 6) is -0.561. The Morgan fingerprint density at radius 2 is 1.84 bits per heavy atom. The number of halogens is 4. The third-order valence-corrected chi connectivity index (χ3v) is 5.27. The van der Waals surface area contributed by atoms with Gasteiger partial charge < -0.3 is 9.32 Å². The fourth-order valence-electron chi connectivity index (χ4n) is 3.73. The van der Waals surface area contributed by atoms with Crippen LogP contribution in [-0.4, -0.2) is 34.1 Å². The number of likely N-dealkylation sites (tertiary alicyclic amines) is 1. The Labute approximate surface area is 175 Å². The molecule has 162 valence electrons. The normalized spacial score (nSPS) is 17.0. The van der Waals surface area contributed by atoms with E-state index in [9.17, 15) is 22.4 Å². The van der Waals surface area contributed by atoms with Gasteiger partial charge in [0.2, 0.25) is 11.8 Å². The second-order valence-electron chi connectivity index (χ2n) is 7.47. The molecule has 5 nitrogen and oxygen atoms in total. The Morgan fingerprint density at radius 3 is 2.58 bits per heavy atom. The van der Waals surface area contributed by atoms with Gasteiger partial charge in [-0.05, 0) is 42.7 Å². The molecular weight excluding hydrogens is 414 g/mol. The maximum atomic E-state index is 13.3. The number of nitrogens with zero attached hydrogens (tertiary/aromatic N) is 3. The Kier molecular flexibility index (Phi) is 5.75. The molecule has 1 aliphatic rings. The lowest BCUT2D eigenvalue weighted by atomic mass is 9.96. The number of hydrogen-bond donors (Lipinski definition) is 0. The van der Waals surface area contributed by atoms with Gasteiger partial charge in [0.1, 0.15) is 5.82 Å².